The molecule has 7 heteroatoms. The Morgan fingerprint density at radius 3 is 2.71 bits per heavy atom. The second kappa shape index (κ2) is 7.82. The van der Waals surface area contributed by atoms with Gasteiger partial charge in [-0.3, -0.25) is 9.69 Å². The van der Waals surface area contributed by atoms with Gasteiger partial charge in [-0.25, -0.2) is 9.67 Å². The smallest absolute Gasteiger partial charge is 0.239 e. The minimum Gasteiger partial charge on any atom is -0.497 e. The van der Waals surface area contributed by atoms with Crippen LogP contribution in [0.5, 0.6) is 5.75 Å². The van der Waals surface area contributed by atoms with Gasteiger partial charge in [0, 0.05) is 6.54 Å². The molecule has 1 atom stereocenters. The number of hydrogen-bond donors (Lipinski definition) is 1. The lowest BCUT2D eigenvalue weighted by atomic mass is 9.92. The summed E-state index contributed by atoms with van der Waals surface area (Å²) >= 11 is 0. The van der Waals surface area contributed by atoms with E-state index in [0.29, 0.717) is 13.1 Å². The standard InChI is InChI=1S/C21H23N5O2/c1-28-17-8-6-15(7-9-17)12-26-19(23-14-24-26)13-25-11-10-16-4-2-3-5-18(16)20(25)21(22)27/h2-9,14,20H,10-13H2,1H3,(H2,22,27). The Bertz CT molecular complexity index is 967. The van der Waals surface area contributed by atoms with Gasteiger partial charge in [0.25, 0.3) is 0 Å². The van der Waals surface area contributed by atoms with Crippen LogP contribution in [0, 0.1) is 0 Å². The monoisotopic (exact) mass is 377 g/mol. The SMILES string of the molecule is COc1ccc(Cn2ncnc2CN2CCc3ccccc3C2C(N)=O)cc1. The zero-order valence-electron chi connectivity index (χ0n) is 15.8. The number of primary amides is 1. The fraction of sp³-hybridized carbons (Fsp3) is 0.286. The number of carbonyl (C=O) groups excluding carboxylic acids is 1. The first-order chi connectivity index (χ1) is 13.7. The quantitative estimate of drug-likeness (QED) is 0.709. The van der Waals surface area contributed by atoms with Crippen molar-refractivity contribution in [2.24, 2.45) is 5.73 Å². The molecule has 144 valence electrons. The molecule has 0 spiro atoms. The van der Waals surface area contributed by atoms with E-state index >= 15 is 0 Å². The lowest BCUT2D eigenvalue weighted by molar-refractivity contribution is -0.124. The minimum atomic E-state index is -0.448. The summed E-state index contributed by atoms with van der Waals surface area (Å²) in [6.07, 6.45) is 2.43. The minimum absolute atomic E-state index is 0.339. The molecule has 3 aromatic rings. The molecule has 1 aliphatic heterocycles. The highest BCUT2D eigenvalue weighted by Crippen LogP contribution is 2.30. The normalized spacial score (nSPS) is 16.5. The number of nitrogens with zero attached hydrogens (tertiary/aromatic N) is 4. The van der Waals surface area contributed by atoms with Gasteiger partial charge in [-0.15, -0.1) is 0 Å². The van der Waals surface area contributed by atoms with E-state index < -0.39 is 6.04 Å². The van der Waals surface area contributed by atoms with Crippen LogP contribution in [0.3, 0.4) is 0 Å². The summed E-state index contributed by atoms with van der Waals surface area (Å²) in [5, 5.41) is 4.37. The van der Waals surface area contributed by atoms with E-state index in [4.69, 9.17) is 10.5 Å². The largest absolute Gasteiger partial charge is 0.497 e. The molecule has 4 rings (SSSR count). The summed E-state index contributed by atoms with van der Waals surface area (Å²) in [7, 11) is 1.65. The third kappa shape index (κ3) is 3.61. The molecule has 2 heterocycles. The Morgan fingerprint density at radius 2 is 1.96 bits per heavy atom. The molecule has 0 aliphatic carbocycles. The number of amides is 1. The van der Waals surface area contributed by atoms with Crippen molar-refractivity contribution in [1.82, 2.24) is 19.7 Å². The third-order valence-corrected chi connectivity index (χ3v) is 5.18. The highest BCUT2D eigenvalue weighted by molar-refractivity contribution is 5.82. The summed E-state index contributed by atoms with van der Waals surface area (Å²) in [5.74, 6) is 1.29. The molecule has 0 bridgehead atoms. The molecule has 1 amide bonds. The van der Waals surface area contributed by atoms with Crippen molar-refractivity contribution in [1.29, 1.82) is 0 Å². The molecule has 28 heavy (non-hydrogen) atoms. The summed E-state index contributed by atoms with van der Waals surface area (Å²) in [6.45, 7) is 1.86. The predicted molar refractivity (Wildman–Crippen MR) is 105 cm³/mol. The number of ether oxygens (including phenoxy) is 1. The molecule has 2 N–H and O–H groups in total. The van der Waals surface area contributed by atoms with Gasteiger partial charge >= 0.3 is 0 Å². The van der Waals surface area contributed by atoms with Crippen LogP contribution in [0.1, 0.15) is 28.6 Å². The van der Waals surface area contributed by atoms with Crippen LogP contribution in [-0.2, 0) is 24.3 Å². The zero-order chi connectivity index (χ0) is 19.5. The number of carbonyl (C=O) groups is 1. The Kier molecular flexibility index (Phi) is 5.08. The van der Waals surface area contributed by atoms with Gasteiger partial charge in [-0.1, -0.05) is 36.4 Å². The third-order valence-electron chi connectivity index (χ3n) is 5.18. The van der Waals surface area contributed by atoms with Gasteiger partial charge in [0.1, 0.15) is 23.9 Å². The molecular formula is C21H23N5O2. The van der Waals surface area contributed by atoms with E-state index in [2.05, 4.69) is 21.0 Å². The molecule has 2 aromatic carbocycles. The van der Waals surface area contributed by atoms with Crippen molar-refractivity contribution < 1.29 is 9.53 Å². The van der Waals surface area contributed by atoms with E-state index in [1.807, 2.05) is 47.1 Å². The number of hydrogen-bond acceptors (Lipinski definition) is 5. The average molecular weight is 377 g/mol. The highest BCUT2D eigenvalue weighted by atomic mass is 16.5. The van der Waals surface area contributed by atoms with E-state index in [-0.39, 0.29) is 5.91 Å². The predicted octanol–water partition coefficient (Wildman–Crippen LogP) is 1.92. The maximum Gasteiger partial charge on any atom is 0.239 e. The number of aromatic nitrogens is 3. The number of rotatable bonds is 6. The fourth-order valence-corrected chi connectivity index (χ4v) is 3.75. The molecule has 1 aromatic heterocycles. The first-order valence-corrected chi connectivity index (χ1v) is 9.26. The van der Waals surface area contributed by atoms with Gasteiger partial charge in [0.05, 0.1) is 20.2 Å². The van der Waals surface area contributed by atoms with Gasteiger partial charge in [-0.2, -0.15) is 5.10 Å². The molecule has 0 saturated carbocycles. The summed E-state index contributed by atoms with van der Waals surface area (Å²) in [6, 6.07) is 15.4. The first kappa shape index (κ1) is 18.2. The maximum absolute atomic E-state index is 12.2. The van der Waals surface area contributed by atoms with Crippen LogP contribution in [0.25, 0.3) is 0 Å². The van der Waals surface area contributed by atoms with Crippen LogP contribution in [0.4, 0.5) is 0 Å². The van der Waals surface area contributed by atoms with Crippen molar-refractivity contribution in [3.63, 3.8) is 0 Å². The molecule has 7 nitrogen and oxygen atoms in total. The van der Waals surface area contributed by atoms with Crippen LogP contribution < -0.4 is 10.5 Å². The molecule has 0 radical (unpaired) electrons. The molecule has 1 unspecified atom stereocenters. The number of benzene rings is 2. The lowest BCUT2D eigenvalue weighted by Crippen LogP contribution is -2.42. The Balaban J connectivity index is 1.54. The Hall–Kier alpha value is -3.19. The second-order valence-electron chi connectivity index (χ2n) is 6.91. The van der Waals surface area contributed by atoms with E-state index in [1.54, 1.807) is 13.4 Å². The lowest BCUT2D eigenvalue weighted by Gasteiger charge is -2.35. The highest BCUT2D eigenvalue weighted by Gasteiger charge is 2.32. The van der Waals surface area contributed by atoms with Crippen molar-refractivity contribution in [3.8, 4) is 5.75 Å². The molecular weight excluding hydrogens is 354 g/mol. The Morgan fingerprint density at radius 1 is 1.18 bits per heavy atom. The van der Waals surface area contributed by atoms with Crippen molar-refractivity contribution in [2.75, 3.05) is 13.7 Å². The van der Waals surface area contributed by atoms with Crippen LogP contribution in [-0.4, -0.2) is 39.2 Å². The molecule has 0 fully saturated rings. The summed E-state index contributed by atoms with van der Waals surface area (Å²) < 4.78 is 7.07. The number of methoxy groups -OCH3 is 1. The molecule has 0 saturated heterocycles. The maximum atomic E-state index is 12.2. The fourth-order valence-electron chi connectivity index (χ4n) is 3.75. The Labute approximate surface area is 163 Å². The van der Waals surface area contributed by atoms with E-state index in [1.165, 1.54) is 5.56 Å². The second-order valence-corrected chi connectivity index (χ2v) is 6.91. The summed E-state index contributed by atoms with van der Waals surface area (Å²) in [5.41, 5.74) is 9.03. The van der Waals surface area contributed by atoms with E-state index in [9.17, 15) is 4.79 Å². The van der Waals surface area contributed by atoms with Crippen molar-refractivity contribution in [2.45, 2.75) is 25.6 Å². The van der Waals surface area contributed by atoms with Crippen molar-refractivity contribution >= 4 is 5.91 Å². The van der Waals surface area contributed by atoms with Crippen LogP contribution in [0.2, 0.25) is 0 Å². The first-order valence-electron chi connectivity index (χ1n) is 9.26. The topological polar surface area (TPSA) is 86.3 Å². The van der Waals surface area contributed by atoms with Gasteiger partial charge in [0.2, 0.25) is 5.91 Å². The van der Waals surface area contributed by atoms with Crippen LogP contribution >= 0.6 is 0 Å². The zero-order valence-corrected chi connectivity index (χ0v) is 15.8. The number of fused-ring (bicyclic) bond motifs is 1. The van der Waals surface area contributed by atoms with Crippen molar-refractivity contribution in [3.05, 3.63) is 77.4 Å². The average Bonchev–Trinajstić information content (AvgIpc) is 3.14. The number of nitrogens with two attached hydrogens (primary N) is 1. The summed E-state index contributed by atoms with van der Waals surface area (Å²) in [4.78, 5) is 18.7. The van der Waals surface area contributed by atoms with Gasteiger partial charge in [-0.05, 0) is 35.2 Å². The molecule has 1 aliphatic rings. The van der Waals surface area contributed by atoms with Crippen LogP contribution in [0.15, 0.2) is 54.9 Å². The van der Waals surface area contributed by atoms with Gasteiger partial charge < -0.3 is 10.5 Å². The van der Waals surface area contributed by atoms with E-state index in [0.717, 1.165) is 35.7 Å². The van der Waals surface area contributed by atoms with Gasteiger partial charge in [0.15, 0.2) is 0 Å².